The molecule has 0 aliphatic heterocycles. The van der Waals surface area contributed by atoms with E-state index >= 15 is 0 Å². The van der Waals surface area contributed by atoms with Crippen LogP contribution in [0.5, 0.6) is 0 Å². The maximum atomic E-state index is 10.8. The van der Waals surface area contributed by atoms with Crippen molar-refractivity contribution >= 4 is 20.0 Å². The summed E-state index contributed by atoms with van der Waals surface area (Å²) in [5.41, 5.74) is -1.62. The van der Waals surface area contributed by atoms with E-state index in [1.54, 1.807) is 0 Å². The lowest BCUT2D eigenvalue weighted by atomic mass is 9.94. The number of carbonyl (C=O) groups is 2. The standard InChI is InChI=1S/C8H16O4Si/c1-8(6(9)10,7(11)12)5-13(2,3)4/h5H2,1-4H3,(H,9,10)(H,11,12). The van der Waals surface area contributed by atoms with Crippen molar-refractivity contribution in [3.8, 4) is 0 Å². The largest absolute Gasteiger partial charge is 0.480 e. The number of hydrogen-bond acceptors (Lipinski definition) is 2. The van der Waals surface area contributed by atoms with Gasteiger partial charge in [0, 0.05) is 8.07 Å². The van der Waals surface area contributed by atoms with Gasteiger partial charge in [-0.1, -0.05) is 19.6 Å². The zero-order valence-corrected chi connectivity index (χ0v) is 9.42. The predicted octanol–water partition coefficient (Wildman–Crippen LogP) is 1.50. The first-order chi connectivity index (χ1) is 5.59. The molecule has 0 rings (SSSR count). The summed E-state index contributed by atoms with van der Waals surface area (Å²) in [5, 5.41) is 17.6. The Balaban J connectivity index is 4.84. The van der Waals surface area contributed by atoms with E-state index in [9.17, 15) is 9.59 Å². The molecular formula is C8H16O4Si. The highest BCUT2D eigenvalue weighted by molar-refractivity contribution is 6.76. The number of aliphatic carboxylic acids is 2. The van der Waals surface area contributed by atoms with Crippen molar-refractivity contribution in [2.24, 2.45) is 5.41 Å². The van der Waals surface area contributed by atoms with Crippen molar-refractivity contribution in [2.45, 2.75) is 32.6 Å². The summed E-state index contributed by atoms with van der Waals surface area (Å²) in [4.78, 5) is 21.6. The Bertz CT molecular complexity index is 215. The second kappa shape index (κ2) is 3.49. The minimum Gasteiger partial charge on any atom is -0.480 e. The van der Waals surface area contributed by atoms with Crippen molar-refractivity contribution in [1.29, 1.82) is 0 Å². The van der Waals surface area contributed by atoms with Gasteiger partial charge in [0.2, 0.25) is 0 Å². The van der Waals surface area contributed by atoms with E-state index in [0.717, 1.165) is 0 Å². The fourth-order valence-electron chi connectivity index (χ4n) is 1.30. The lowest BCUT2D eigenvalue weighted by Gasteiger charge is -2.26. The van der Waals surface area contributed by atoms with Crippen LogP contribution in [0.4, 0.5) is 0 Å². The van der Waals surface area contributed by atoms with Gasteiger partial charge in [-0.2, -0.15) is 0 Å². The lowest BCUT2D eigenvalue weighted by molar-refractivity contribution is -0.161. The third-order valence-electron chi connectivity index (χ3n) is 1.83. The highest BCUT2D eigenvalue weighted by Gasteiger charge is 2.44. The van der Waals surface area contributed by atoms with Crippen LogP contribution in [-0.2, 0) is 9.59 Å². The van der Waals surface area contributed by atoms with Crippen molar-refractivity contribution in [1.82, 2.24) is 0 Å². The van der Waals surface area contributed by atoms with E-state index in [1.165, 1.54) is 6.92 Å². The van der Waals surface area contributed by atoms with Gasteiger partial charge >= 0.3 is 11.9 Å². The van der Waals surface area contributed by atoms with Gasteiger partial charge in [-0.3, -0.25) is 9.59 Å². The van der Waals surface area contributed by atoms with E-state index in [-0.39, 0.29) is 6.04 Å². The molecule has 76 valence electrons. The number of carboxylic acids is 2. The van der Waals surface area contributed by atoms with Gasteiger partial charge in [-0.25, -0.2) is 0 Å². The molecular weight excluding hydrogens is 188 g/mol. The van der Waals surface area contributed by atoms with Gasteiger partial charge < -0.3 is 10.2 Å². The van der Waals surface area contributed by atoms with E-state index in [2.05, 4.69) is 0 Å². The minimum absolute atomic E-state index is 0.255. The molecule has 0 heterocycles. The maximum absolute atomic E-state index is 10.8. The average molecular weight is 204 g/mol. The summed E-state index contributed by atoms with van der Waals surface area (Å²) in [6.45, 7) is 7.14. The quantitative estimate of drug-likeness (QED) is 0.537. The van der Waals surface area contributed by atoms with Gasteiger partial charge in [0.05, 0.1) is 0 Å². The molecule has 2 N–H and O–H groups in total. The topological polar surface area (TPSA) is 74.6 Å². The van der Waals surface area contributed by atoms with Crippen LogP contribution < -0.4 is 0 Å². The fourth-order valence-corrected chi connectivity index (χ4v) is 3.73. The Morgan fingerprint density at radius 3 is 1.54 bits per heavy atom. The summed E-state index contributed by atoms with van der Waals surface area (Å²) in [6.07, 6.45) is 0. The molecule has 0 unspecified atom stereocenters. The Kier molecular flexibility index (Phi) is 3.26. The van der Waals surface area contributed by atoms with Crippen molar-refractivity contribution in [3.63, 3.8) is 0 Å². The van der Waals surface area contributed by atoms with E-state index in [1.807, 2.05) is 19.6 Å². The molecule has 0 amide bonds. The molecule has 0 saturated carbocycles. The highest BCUT2D eigenvalue weighted by Crippen LogP contribution is 2.29. The van der Waals surface area contributed by atoms with Crippen molar-refractivity contribution in [3.05, 3.63) is 0 Å². The van der Waals surface area contributed by atoms with Crippen LogP contribution in [0.15, 0.2) is 0 Å². The average Bonchev–Trinajstić information content (AvgIpc) is 1.82. The Labute approximate surface area is 78.6 Å². The predicted molar refractivity (Wildman–Crippen MR) is 51.5 cm³/mol. The summed E-state index contributed by atoms with van der Waals surface area (Å²) in [6, 6.07) is 0.255. The molecule has 4 nitrogen and oxygen atoms in total. The molecule has 0 radical (unpaired) electrons. The van der Waals surface area contributed by atoms with E-state index < -0.39 is 25.4 Å². The fraction of sp³-hybridized carbons (Fsp3) is 0.750. The third-order valence-corrected chi connectivity index (χ3v) is 3.60. The van der Waals surface area contributed by atoms with Gasteiger partial charge in [-0.15, -0.1) is 0 Å². The smallest absolute Gasteiger partial charge is 0.320 e. The number of carboxylic acid groups (broad SMARTS) is 2. The summed E-state index contributed by atoms with van der Waals surface area (Å²) in [5.74, 6) is -2.50. The molecule has 0 aliphatic carbocycles. The van der Waals surface area contributed by atoms with Crippen LogP contribution in [0.1, 0.15) is 6.92 Å². The first-order valence-corrected chi connectivity index (χ1v) is 7.77. The first kappa shape index (κ1) is 12.2. The molecule has 0 fully saturated rings. The van der Waals surface area contributed by atoms with Crippen LogP contribution in [0.3, 0.4) is 0 Å². The summed E-state index contributed by atoms with van der Waals surface area (Å²) >= 11 is 0. The zero-order valence-electron chi connectivity index (χ0n) is 8.42. The molecule has 0 aromatic heterocycles. The summed E-state index contributed by atoms with van der Waals surface area (Å²) in [7, 11) is -1.68. The molecule has 0 aromatic rings. The summed E-state index contributed by atoms with van der Waals surface area (Å²) < 4.78 is 0. The molecule has 0 spiro atoms. The Morgan fingerprint density at radius 2 is 1.46 bits per heavy atom. The Morgan fingerprint density at radius 1 is 1.15 bits per heavy atom. The number of rotatable bonds is 4. The molecule has 0 atom stereocenters. The van der Waals surface area contributed by atoms with Crippen LogP contribution in [0, 0.1) is 5.41 Å². The SMILES string of the molecule is CC(C[Si](C)(C)C)(C(=O)O)C(=O)O. The van der Waals surface area contributed by atoms with Crippen molar-refractivity contribution < 1.29 is 19.8 Å². The van der Waals surface area contributed by atoms with Crippen LogP contribution in [0.2, 0.25) is 25.7 Å². The van der Waals surface area contributed by atoms with Crippen LogP contribution in [0.25, 0.3) is 0 Å². The van der Waals surface area contributed by atoms with E-state index in [0.29, 0.717) is 0 Å². The maximum Gasteiger partial charge on any atom is 0.320 e. The monoisotopic (exact) mass is 204 g/mol. The molecule has 13 heavy (non-hydrogen) atoms. The minimum atomic E-state index is -1.68. The molecule has 0 aromatic carbocycles. The lowest BCUT2D eigenvalue weighted by Crippen LogP contribution is -2.42. The van der Waals surface area contributed by atoms with Gasteiger partial charge in [-0.05, 0) is 13.0 Å². The highest BCUT2D eigenvalue weighted by atomic mass is 28.3. The molecule has 0 aliphatic rings. The molecule has 5 heteroatoms. The van der Waals surface area contributed by atoms with Gasteiger partial charge in [0.1, 0.15) is 0 Å². The zero-order chi connectivity index (χ0) is 10.9. The third kappa shape index (κ3) is 3.18. The van der Waals surface area contributed by atoms with Crippen LogP contribution >= 0.6 is 0 Å². The molecule has 0 bridgehead atoms. The second-order valence-corrected chi connectivity index (χ2v) is 10.2. The van der Waals surface area contributed by atoms with Crippen LogP contribution in [-0.4, -0.2) is 30.2 Å². The number of hydrogen-bond donors (Lipinski definition) is 2. The second-order valence-electron chi connectivity index (χ2n) is 4.68. The van der Waals surface area contributed by atoms with E-state index in [4.69, 9.17) is 10.2 Å². The van der Waals surface area contributed by atoms with Gasteiger partial charge in [0.25, 0.3) is 0 Å². The molecule has 0 saturated heterocycles. The Hall–Kier alpha value is -0.843. The van der Waals surface area contributed by atoms with Crippen molar-refractivity contribution in [2.75, 3.05) is 0 Å². The normalized spacial score (nSPS) is 12.6. The first-order valence-electron chi connectivity index (χ1n) is 4.06. The van der Waals surface area contributed by atoms with Gasteiger partial charge in [0.15, 0.2) is 5.41 Å².